The molecule has 1 aliphatic rings. The van der Waals surface area contributed by atoms with Gasteiger partial charge < -0.3 is 11.1 Å². The first kappa shape index (κ1) is 12.7. The van der Waals surface area contributed by atoms with Crippen LogP contribution in [0.25, 0.3) is 0 Å². The average molecular weight is 269 g/mol. The van der Waals surface area contributed by atoms with Crippen molar-refractivity contribution >= 4 is 34.5 Å². The molecule has 0 atom stereocenters. The van der Waals surface area contributed by atoms with Crippen molar-refractivity contribution in [2.24, 2.45) is 11.7 Å². The van der Waals surface area contributed by atoms with E-state index in [1.54, 1.807) is 0 Å². The number of thiocarbonyl (C=S) groups is 1. The van der Waals surface area contributed by atoms with Gasteiger partial charge in [-0.3, -0.25) is 0 Å². The van der Waals surface area contributed by atoms with E-state index in [0.29, 0.717) is 10.0 Å². The molecule has 1 aromatic rings. The van der Waals surface area contributed by atoms with Crippen molar-refractivity contribution in [2.45, 2.75) is 25.7 Å². The van der Waals surface area contributed by atoms with Gasteiger partial charge in [-0.1, -0.05) is 36.7 Å². The highest BCUT2D eigenvalue weighted by Gasteiger charge is 2.15. The van der Waals surface area contributed by atoms with E-state index in [1.807, 2.05) is 18.2 Å². The van der Waals surface area contributed by atoms with Crippen LogP contribution in [-0.2, 0) is 0 Å². The maximum Gasteiger partial charge on any atom is 0.106 e. The summed E-state index contributed by atoms with van der Waals surface area (Å²) < 4.78 is 0. The lowest BCUT2D eigenvalue weighted by Crippen LogP contribution is -2.16. The van der Waals surface area contributed by atoms with Gasteiger partial charge in [0, 0.05) is 22.8 Å². The minimum Gasteiger partial charge on any atom is -0.389 e. The largest absolute Gasteiger partial charge is 0.389 e. The molecule has 0 bridgehead atoms. The normalized spacial score (nSPS) is 16.1. The Kier molecular flexibility index (Phi) is 4.24. The summed E-state index contributed by atoms with van der Waals surface area (Å²) in [4.78, 5) is 0.390. The van der Waals surface area contributed by atoms with Crippen molar-refractivity contribution in [3.05, 3.63) is 28.8 Å². The highest BCUT2D eigenvalue weighted by Crippen LogP contribution is 2.26. The molecular formula is C13H17ClN2S. The first-order valence-corrected chi connectivity index (χ1v) is 6.78. The number of hydrogen-bond acceptors (Lipinski definition) is 2. The molecule has 0 unspecified atom stereocenters. The Morgan fingerprint density at radius 1 is 1.41 bits per heavy atom. The Labute approximate surface area is 113 Å². The second-order valence-corrected chi connectivity index (χ2v) is 5.46. The molecule has 4 heteroatoms. The predicted molar refractivity (Wildman–Crippen MR) is 77.8 cm³/mol. The van der Waals surface area contributed by atoms with Gasteiger partial charge in [0.1, 0.15) is 4.99 Å². The van der Waals surface area contributed by atoms with Gasteiger partial charge in [0.15, 0.2) is 0 Å². The molecule has 0 heterocycles. The molecule has 0 spiro atoms. The number of halogens is 1. The van der Waals surface area contributed by atoms with Crippen LogP contribution in [0.3, 0.4) is 0 Å². The first-order valence-electron chi connectivity index (χ1n) is 6.00. The van der Waals surface area contributed by atoms with Gasteiger partial charge in [-0.25, -0.2) is 0 Å². The van der Waals surface area contributed by atoms with Crippen molar-refractivity contribution in [3.8, 4) is 0 Å². The molecule has 2 rings (SSSR count). The SMILES string of the molecule is NC(=S)c1cc(Cl)ccc1NCC1CCCC1. The molecule has 3 N–H and O–H groups in total. The third kappa shape index (κ3) is 3.33. The monoisotopic (exact) mass is 268 g/mol. The Morgan fingerprint density at radius 3 is 2.76 bits per heavy atom. The van der Waals surface area contributed by atoms with Crippen LogP contribution in [0, 0.1) is 5.92 Å². The first-order chi connectivity index (χ1) is 8.16. The second-order valence-electron chi connectivity index (χ2n) is 4.59. The molecule has 0 aromatic heterocycles. The molecule has 1 aromatic carbocycles. The van der Waals surface area contributed by atoms with Gasteiger partial charge in [-0.2, -0.15) is 0 Å². The van der Waals surface area contributed by atoms with E-state index in [4.69, 9.17) is 29.6 Å². The summed E-state index contributed by atoms with van der Waals surface area (Å²) >= 11 is 11.0. The molecule has 0 amide bonds. The minimum absolute atomic E-state index is 0.390. The molecule has 1 fully saturated rings. The van der Waals surface area contributed by atoms with Crippen LogP contribution in [0.1, 0.15) is 31.2 Å². The molecule has 2 nitrogen and oxygen atoms in total. The van der Waals surface area contributed by atoms with Crippen LogP contribution < -0.4 is 11.1 Å². The van der Waals surface area contributed by atoms with Crippen molar-refractivity contribution < 1.29 is 0 Å². The fourth-order valence-electron chi connectivity index (χ4n) is 2.34. The summed E-state index contributed by atoms with van der Waals surface area (Å²) in [5.41, 5.74) is 7.53. The molecule has 17 heavy (non-hydrogen) atoms. The molecule has 0 saturated heterocycles. The van der Waals surface area contributed by atoms with Crippen LogP contribution >= 0.6 is 23.8 Å². The summed E-state index contributed by atoms with van der Waals surface area (Å²) in [6.45, 7) is 0.997. The highest BCUT2D eigenvalue weighted by atomic mass is 35.5. The number of rotatable bonds is 4. The Balaban J connectivity index is 2.06. The van der Waals surface area contributed by atoms with Crippen molar-refractivity contribution in [1.82, 2.24) is 0 Å². The second kappa shape index (κ2) is 5.69. The summed E-state index contributed by atoms with van der Waals surface area (Å²) in [6.07, 6.45) is 5.36. The lowest BCUT2D eigenvalue weighted by Gasteiger charge is -2.15. The molecular weight excluding hydrogens is 252 g/mol. The minimum atomic E-state index is 0.390. The Hall–Kier alpha value is -0.800. The number of anilines is 1. The molecule has 0 aliphatic heterocycles. The predicted octanol–water partition coefficient (Wildman–Crippen LogP) is 3.58. The standard InChI is InChI=1S/C13H17ClN2S/c14-10-5-6-12(11(7-10)13(15)17)16-8-9-3-1-2-4-9/h5-7,9,16H,1-4,8H2,(H2,15,17). The summed E-state index contributed by atoms with van der Waals surface area (Å²) in [7, 11) is 0. The fourth-order valence-corrected chi connectivity index (χ4v) is 2.68. The van der Waals surface area contributed by atoms with Gasteiger partial charge in [0.05, 0.1) is 0 Å². The number of nitrogens with one attached hydrogen (secondary N) is 1. The van der Waals surface area contributed by atoms with Crippen LogP contribution in [0.4, 0.5) is 5.69 Å². The number of nitrogens with two attached hydrogens (primary N) is 1. The van der Waals surface area contributed by atoms with Crippen LogP contribution in [0.5, 0.6) is 0 Å². The molecule has 0 radical (unpaired) electrons. The number of benzene rings is 1. The average Bonchev–Trinajstić information content (AvgIpc) is 2.80. The van der Waals surface area contributed by atoms with Gasteiger partial charge in [0.2, 0.25) is 0 Å². The van der Waals surface area contributed by atoms with E-state index in [1.165, 1.54) is 25.7 Å². The maximum atomic E-state index is 5.95. The van der Waals surface area contributed by atoms with E-state index in [-0.39, 0.29) is 0 Å². The van der Waals surface area contributed by atoms with Gasteiger partial charge in [-0.15, -0.1) is 0 Å². The van der Waals surface area contributed by atoms with E-state index in [0.717, 1.165) is 23.7 Å². The molecule has 1 saturated carbocycles. The van der Waals surface area contributed by atoms with Crippen LogP contribution in [0.15, 0.2) is 18.2 Å². The fraction of sp³-hybridized carbons (Fsp3) is 0.462. The quantitative estimate of drug-likeness (QED) is 0.820. The van der Waals surface area contributed by atoms with Crippen molar-refractivity contribution in [3.63, 3.8) is 0 Å². The van der Waals surface area contributed by atoms with Crippen molar-refractivity contribution in [2.75, 3.05) is 11.9 Å². The zero-order chi connectivity index (χ0) is 12.3. The van der Waals surface area contributed by atoms with Gasteiger partial charge in [-0.05, 0) is 37.0 Å². The van der Waals surface area contributed by atoms with Crippen LogP contribution in [0.2, 0.25) is 5.02 Å². The summed E-state index contributed by atoms with van der Waals surface area (Å²) in [6, 6.07) is 5.63. The summed E-state index contributed by atoms with van der Waals surface area (Å²) in [5, 5.41) is 4.10. The third-order valence-electron chi connectivity index (χ3n) is 3.30. The zero-order valence-electron chi connectivity index (χ0n) is 9.71. The molecule has 1 aliphatic carbocycles. The molecule has 92 valence electrons. The third-order valence-corrected chi connectivity index (χ3v) is 3.76. The smallest absolute Gasteiger partial charge is 0.106 e. The van der Waals surface area contributed by atoms with E-state index < -0.39 is 0 Å². The highest BCUT2D eigenvalue weighted by molar-refractivity contribution is 7.80. The number of hydrogen-bond donors (Lipinski definition) is 2. The van der Waals surface area contributed by atoms with E-state index in [9.17, 15) is 0 Å². The zero-order valence-corrected chi connectivity index (χ0v) is 11.3. The van der Waals surface area contributed by atoms with Crippen molar-refractivity contribution in [1.29, 1.82) is 0 Å². The summed E-state index contributed by atoms with van der Waals surface area (Å²) in [5.74, 6) is 0.782. The van der Waals surface area contributed by atoms with E-state index in [2.05, 4.69) is 5.32 Å². The lowest BCUT2D eigenvalue weighted by atomic mass is 10.1. The maximum absolute atomic E-state index is 5.95. The van der Waals surface area contributed by atoms with Gasteiger partial charge in [0.25, 0.3) is 0 Å². The topological polar surface area (TPSA) is 38.0 Å². The Morgan fingerprint density at radius 2 is 2.12 bits per heavy atom. The van der Waals surface area contributed by atoms with E-state index >= 15 is 0 Å². The van der Waals surface area contributed by atoms with Gasteiger partial charge >= 0.3 is 0 Å². The Bertz CT molecular complexity index is 414. The lowest BCUT2D eigenvalue weighted by molar-refractivity contribution is 0.580. The van der Waals surface area contributed by atoms with Crippen LogP contribution in [-0.4, -0.2) is 11.5 Å².